The van der Waals surface area contributed by atoms with Crippen LogP contribution >= 0.6 is 0 Å². The van der Waals surface area contributed by atoms with Crippen LogP contribution in [0.25, 0.3) is 0 Å². The quantitative estimate of drug-likeness (QED) is 0.0847. The molecular weight excluding hydrogens is 921 g/mol. The molecule has 0 aromatic rings. The molecule has 0 saturated carbocycles. The van der Waals surface area contributed by atoms with Gasteiger partial charge in [0.25, 0.3) is 0 Å². The first-order valence-corrected chi connectivity index (χ1v) is 11.2. The Morgan fingerprint density at radius 1 is 0.164 bits per heavy atom. The van der Waals surface area contributed by atoms with Gasteiger partial charge < -0.3 is 0 Å². The molecule has 0 aliphatic rings. The van der Waals surface area contributed by atoms with Crippen LogP contribution < -0.4 is 0 Å². The monoisotopic (exact) mass is 921 g/mol. The first-order chi connectivity index (χ1) is 22.9. The second-order valence-corrected chi connectivity index (χ2v) is 9.89. The van der Waals surface area contributed by atoms with Crippen LogP contribution in [0.1, 0.15) is 0 Å². The minimum absolute atomic E-state index is 4.70. The van der Waals surface area contributed by atoms with Crippen molar-refractivity contribution in [3.8, 4) is 0 Å². The van der Waals surface area contributed by atoms with Gasteiger partial charge in [0.05, 0.1) is 5.34 Å². The Balaban J connectivity index is 7.82. The highest BCUT2D eigenvalue weighted by atomic mass is 19.4. The normalized spacial score (nSPS) is 17.3. The second-order valence-electron chi connectivity index (χ2n) is 9.89. The molecule has 0 radical (unpaired) electrons. The zero-order valence-electron chi connectivity index (χ0n) is 22.9. The summed E-state index contributed by atoms with van der Waals surface area (Å²) >= 11 is 0. The molecule has 0 saturated heterocycles. The Labute approximate surface area is 270 Å². The van der Waals surface area contributed by atoms with E-state index in [1.54, 1.807) is 0 Å². The van der Waals surface area contributed by atoms with E-state index in [1.165, 1.54) is 0 Å². The molecule has 0 aliphatic heterocycles. The molecule has 0 atom stereocenters. The van der Waals surface area contributed by atoms with Crippen LogP contribution in [0.2, 0.25) is 0 Å². The number of hydrogen-bond acceptors (Lipinski definition) is 1. The van der Waals surface area contributed by atoms with Crippen molar-refractivity contribution in [2.45, 2.75) is 101 Å². The molecule has 0 rings (SSSR count). The lowest BCUT2D eigenvalue weighted by Crippen LogP contribution is -2.80. The average Bonchev–Trinajstić information content (AvgIpc) is 2.94. The Kier molecular flexibility index (Phi) is 11.8. The van der Waals surface area contributed by atoms with E-state index < -0.39 is 106 Å². The number of hydrogen-bond donors (Lipinski definition) is 0. The highest BCUT2D eigenvalue weighted by molar-refractivity contribution is 5.22. The molecule has 0 N–H and O–H groups in total. The summed E-state index contributed by atoms with van der Waals surface area (Å²) in [6.45, 7) is 0. The van der Waals surface area contributed by atoms with Gasteiger partial charge in [0.15, 0.2) is 0 Å². The lowest BCUT2D eigenvalue weighted by atomic mass is 9.82. The van der Waals surface area contributed by atoms with Gasteiger partial charge in [-0.3, -0.25) is 0 Å². The van der Waals surface area contributed by atoms with E-state index in [1.807, 2.05) is 0 Å². The zero-order chi connectivity index (χ0) is 46.1. The van der Waals surface area contributed by atoms with Crippen molar-refractivity contribution in [2.24, 2.45) is 0 Å². The van der Waals surface area contributed by atoms with E-state index in [0.29, 0.717) is 0 Å². The molecule has 0 spiro atoms. The molecule has 0 aliphatic carbocycles. The van der Waals surface area contributed by atoms with E-state index >= 15 is 0 Å². The number of rotatable bonds is 16. The van der Waals surface area contributed by atoms with Gasteiger partial charge in [-0.2, -0.15) is 154 Å². The van der Waals surface area contributed by atoms with Crippen LogP contribution in [-0.2, 0) is 0 Å². The molecule has 0 amide bonds. The number of alkyl halides is 35. The van der Waals surface area contributed by atoms with E-state index in [9.17, 15) is 163 Å². The summed E-state index contributed by atoms with van der Waals surface area (Å²) in [5.74, 6) is -149. The van der Waals surface area contributed by atoms with Crippen LogP contribution in [-0.4, -0.2) is 106 Å². The molecule has 38 heteroatoms. The van der Waals surface area contributed by atoms with Gasteiger partial charge in [-0.05, 0) is 0 Å². The van der Waals surface area contributed by atoms with E-state index in [0.717, 1.165) is 0 Å². The van der Waals surface area contributed by atoms with Crippen molar-refractivity contribution in [3.63, 3.8) is 0 Å². The van der Waals surface area contributed by atoms with Crippen LogP contribution in [0, 0.1) is 0 Å². The first kappa shape index (κ1) is 52.4. The van der Waals surface area contributed by atoms with Gasteiger partial charge in [-0.1, -0.05) is 8.96 Å². The fourth-order valence-electron chi connectivity index (χ4n) is 3.04. The molecule has 0 bridgehead atoms. The fourth-order valence-corrected chi connectivity index (χ4v) is 3.04. The first-order valence-electron chi connectivity index (χ1n) is 11.2. The summed E-state index contributed by atoms with van der Waals surface area (Å²) in [4.78, 5) is 0. The standard InChI is InChI=1S/C17F37N/c18-1(19,2(20,21)4(24,25)6(28,29)8(32,33)10(36,37)12(40,41)14(44,45)16(48,49)50)3(22,23)5(26,27)7(30,31)9(34,35)11(38,39)13(42,43)15(46,47)17(51,52)55(53)54. The Morgan fingerprint density at radius 2 is 0.273 bits per heavy atom. The van der Waals surface area contributed by atoms with Crippen molar-refractivity contribution in [2.75, 3.05) is 0 Å². The summed E-state index contributed by atoms with van der Waals surface area (Å²) in [6, 6.07) is -8.44. The third-order valence-electron chi connectivity index (χ3n) is 6.47. The lowest BCUT2D eigenvalue weighted by molar-refractivity contribution is -0.498. The molecule has 1 nitrogen and oxygen atoms in total. The van der Waals surface area contributed by atoms with Crippen molar-refractivity contribution in [1.29, 1.82) is 0 Å². The van der Waals surface area contributed by atoms with Gasteiger partial charge in [0, 0.05) is 0 Å². The highest BCUT2D eigenvalue weighted by Crippen LogP contribution is 2.70. The van der Waals surface area contributed by atoms with Gasteiger partial charge in [0.2, 0.25) is 0 Å². The molecule has 0 unspecified atom stereocenters. The molecule has 0 heterocycles. The molecule has 0 aromatic heterocycles. The Bertz CT molecular complexity index is 1390. The van der Waals surface area contributed by atoms with Crippen LogP contribution in [0.4, 0.5) is 163 Å². The maximum atomic E-state index is 13.8. The summed E-state index contributed by atoms with van der Waals surface area (Å²) in [5, 5.41) is -4.70. The van der Waals surface area contributed by atoms with E-state index in [-0.39, 0.29) is 0 Å². The third-order valence-corrected chi connectivity index (χ3v) is 6.47. The number of halogens is 37. The van der Waals surface area contributed by atoms with Crippen molar-refractivity contribution >= 4 is 0 Å². The SMILES string of the molecule is FN(F)C(F)(F)C(F)(F)C(F)(F)C(F)(F)C(F)(F)C(F)(F)C(F)(F)C(F)(F)C(F)(F)C(F)(F)C(F)(F)C(F)(F)C(F)(F)C(F)(F)C(F)(F)C(F)(F)C(F)(F)F. The van der Waals surface area contributed by atoms with Crippen molar-refractivity contribution < 1.29 is 163 Å². The average molecular weight is 921 g/mol. The van der Waals surface area contributed by atoms with E-state index in [4.69, 9.17) is 0 Å². The van der Waals surface area contributed by atoms with Crippen LogP contribution in [0.3, 0.4) is 0 Å². The zero-order valence-corrected chi connectivity index (χ0v) is 22.9. The molecule has 0 aromatic carbocycles. The molecule has 0 fully saturated rings. The predicted octanol–water partition coefficient (Wildman–Crippen LogP) is 11.7. The minimum Gasteiger partial charge on any atom is -0.192 e. The maximum absolute atomic E-state index is 13.8. The lowest BCUT2D eigenvalue weighted by Gasteiger charge is -2.47. The summed E-state index contributed by atoms with van der Waals surface area (Å²) in [6.07, 6.45) is -8.45. The van der Waals surface area contributed by atoms with Crippen molar-refractivity contribution in [3.05, 3.63) is 0 Å². The molecular formula is C17F37N. The van der Waals surface area contributed by atoms with Gasteiger partial charge in [-0.25, -0.2) is 0 Å². The van der Waals surface area contributed by atoms with Gasteiger partial charge in [0.1, 0.15) is 0 Å². The van der Waals surface area contributed by atoms with Gasteiger partial charge >= 0.3 is 101 Å². The maximum Gasteiger partial charge on any atom is 0.460 e. The van der Waals surface area contributed by atoms with Crippen LogP contribution in [0.15, 0.2) is 0 Å². The van der Waals surface area contributed by atoms with Gasteiger partial charge in [-0.15, -0.1) is 0 Å². The van der Waals surface area contributed by atoms with Crippen molar-refractivity contribution in [1.82, 2.24) is 5.34 Å². The Morgan fingerprint density at radius 3 is 0.382 bits per heavy atom. The largest absolute Gasteiger partial charge is 0.460 e. The summed E-state index contributed by atoms with van der Waals surface area (Å²) in [7, 11) is 0. The molecule has 332 valence electrons. The molecule has 55 heavy (non-hydrogen) atoms. The van der Waals surface area contributed by atoms with E-state index in [2.05, 4.69) is 0 Å². The Hall–Kier alpha value is -2.63. The smallest absolute Gasteiger partial charge is 0.192 e. The van der Waals surface area contributed by atoms with Crippen LogP contribution in [0.5, 0.6) is 0 Å². The highest BCUT2D eigenvalue weighted by Gasteiger charge is 3.02. The topological polar surface area (TPSA) is 3.24 Å². The fraction of sp³-hybridized carbons (Fsp3) is 1.00. The summed E-state index contributed by atoms with van der Waals surface area (Å²) in [5.41, 5.74) is 0. The minimum atomic E-state index is -10.4. The predicted molar refractivity (Wildman–Crippen MR) is 89.3 cm³/mol. The summed E-state index contributed by atoms with van der Waals surface area (Å²) < 4.78 is 490. The third kappa shape index (κ3) is 5.77. The second kappa shape index (κ2) is 12.4. The number of nitrogens with zero attached hydrogens (tertiary/aromatic N) is 1.